The number of likely N-dealkylation sites (tertiary alicyclic amines) is 1. The highest BCUT2D eigenvalue weighted by atomic mass is 32.2. The number of aliphatic hydroxyl groups excluding tert-OH is 1. The van der Waals surface area contributed by atoms with E-state index in [9.17, 15) is 36.3 Å². The fraction of sp³-hybridized carbons (Fsp3) is 0.577. The first-order valence-electron chi connectivity index (χ1n) is 13.4. The molecule has 2 fully saturated rings. The highest BCUT2D eigenvalue weighted by Gasteiger charge is 2.44. The molecule has 2 saturated heterocycles. The Bertz CT molecular complexity index is 1470. The number of benzene rings is 1. The van der Waals surface area contributed by atoms with Crippen LogP contribution in [-0.4, -0.2) is 89.4 Å². The lowest BCUT2D eigenvalue weighted by Gasteiger charge is -2.38. The van der Waals surface area contributed by atoms with Gasteiger partial charge in [-0.25, -0.2) is 8.42 Å². The van der Waals surface area contributed by atoms with Crippen LogP contribution in [0.25, 0.3) is 11.3 Å². The molecule has 0 aliphatic carbocycles. The number of piperidine rings is 1. The number of nitrogens with one attached hydrogen (secondary N) is 1. The van der Waals surface area contributed by atoms with Crippen LogP contribution in [0.3, 0.4) is 0 Å². The monoisotopic (exact) mass is 598 g/mol. The minimum absolute atomic E-state index is 0.0528. The molecule has 1 atom stereocenters. The van der Waals surface area contributed by atoms with Gasteiger partial charge in [0.1, 0.15) is 0 Å². The van der Waals surface area contributed by atoms with Crippen molar-refractivity contribution in [1.82, 2.24) is 24.3 Å². The first-order valence-corrected chi connectivity index (χ1v) is 15.3. The molecule has 4 N–H and O–H groups in total. The highest BCUT2D eigenvalue weighted by molar-refractivity contribution is 7.88. The van der Waals surface area contributed by atoms with Crippen molar-refractivity contribution in [3.8, 4) is 11.3 Å². The number of primary amides is 1. The number of hydrogen-bond donors (Lipinski definition) is 3. The average molecular weight is 599 g/mol. The molecule has 2 aromatic rings. The van der Waals surface area contributed by atoms with Gasteiger partial charge in [-0.05, 0) is 44.5 Å². The quantitative estimate of drug-likeness (QED) is 0.429. The van der Waals surface area contributed by atoms with Gasteiger partial charge < -0.3 is 21.1 Å². The molecule has 1 unspecified atom stereocenters. The van der Waals surface area contributed by atoms with Gasteiger partial charge in [0.05, 0.1) is 41.1 Å². The number of fused-ring (bicyclic) bond motifs is 1. The van der Waals surface area contributed by atoms with Gasteiger partial charge in [0, 0.05) is 49.4 Å². The third-order valence-corrected chi connectivity index (χ3v) is 9.72. The Morgan fingerprint density at radius 3 is 2.49 bits per heavy atom. The third-order valence-electron chi connectivity index (χ3n) is 8.47. The van der Waals surface area contributed by atoms with Crippen LogP contribution in [-0.2, 0) is 40.5 Å². The fourth-order valence-electron chi connectivity index (χ4n) is 6.19. The van der Waals surface area contributed by atoms with Crippen molar-refractivity contribution in [2.24, 2.45) is 11.1 Å². The predicted molar refractivity (Wildman–Crippen MR) is 142 cm³/mol. The molecule has 2 amide bonds. The van der Waals surface area contributed by atoms with E-state index in [1.807, 2.05) is 0 Å². The number of halogens is 3. The van der Waals surface area contributed by atoms with Gasteiger partial charge in [-0.1, -0.05) is 6.07 Å². The maximum absolute atomic E-state index is 13.5. The number of nitrogens with zero attached hydrogens (tertiary/aromatic N) is 4. The molecule has 3 aliphatic rings. The summed E-state index contributed by atoms with van der Waals surface area (Å²) in [6.07, 6.45) is -2.04. The largest absolute Gasteiger partial charge is 0.417 e. The molecule has 1 spiro atoms. The summed E-state index contributed by atoms with van der Waals surface area (Å²) in [7, 11) is -3.57. The van der Waals surface area contributed by atoms with Crippen molar-refractivity contribution in [2.75, 3.05) is 39.0 Å². The molecule has 0 saturated carbocycles. The van der Waals surface area contributed by atoms with Gasteiger partial charge in [0.25, 0.3) is 0 Å². The Morgan fingerprint density at radius 1 is 1.20 bits per heavy atom. The van der Waals surface area contributed by atoms with E-state index in [1.54, 1.807) is 4.68 Å². The van der Waals surface area contributed by atoms with Crippen molar-refractivity contribution >= 4 is 21.8 Å². The number of carbonyl (C=O) groups excluding carboxylic acids is 2. The van der Waals surface area contributed by atoms with Crippen LogP contribution in [0.1, 0.15) is 46.4 Å². The molecule has 4 heterocycles. The minimum Gasteiger partial charge on any atom is -0.390 e. The second kappa shape index (κ2) is 10.7. The maximum atomic E-state index is 13.5. The topological polar surface area (TPSA) is 151 Å². The number of alkyl halides is 3. The molecular weight excluding hydrogens is 565 g/mol. The zero-order valence-corrected chi connectivity index (χ0v) is 23.4. The number of β-amino-alcohol motifs (C(OH)–C–C–N with tert-alkyl or cyclic N) is 1. The number of carbonyl (C=O) groups is 2. The summed E-state index contributed by atoms with van der Waals surface area (Å²) < 4.78 is 67.9. The summed E-state index contributed by atoms with van der Waals surface area (Å²) in [5, 5.41) is 18.5. The molecule has 0 bridgehead atoms. The maximum Gasteiger partial charge on any atom is 0.417 e. The van der Waals surface area contributed by atoms with E-state index in [1.165, 1.54) is 10.4 Å². The van der Waals surface area contributed by atoms with E-state index in [2.05, 4.69) is 15.3 Å². The summed E-state index contributed by atoms with van der Waals surface area (Å²) in [6, 6.07) is 2.97. The SMILES string of the molecule is CS(=O)(=O)N1CCc2c(c(-c3ccc(C(F)(F)F)c(C(N)=O)c3)nn2CC(O)CN2CCC3(CCNC3=O)CC2)C1. The third kappa shape index (κ3) is 5.85. The van der Waals surface area contributed by atoms with Gasteiger partial charge in [-0.3, -0.25) is 14.3 Å². The van der Waals surface area contributed by atoms with Crippen LogP contribution in [0.2, 0.25) is 0 Å². The van der Waals surface area contributed by atoms with Gasteiger partial charge >= 0.3 is 6.18 Å². The Labute approximate surface area is 235 Å². The van der Waals surface area contributed by atoms with E-state index in [0.717, 1.165) is 24.8 Å². The summed E-state index contributed by atoms with van der Waals surface area (Å²) in [5.41, 5.74) is 4.63. The highest BCUT2D eigenvalue weighted by Crippen LogP contribution is 2.39. The first-order chi connectivity index (χ1) is 19.2. The van der Waals surface area contributed by atoms with Crippen LogP contribution in [0, 0.1) is 5.41 Å². The average Bonchev–Trinajstić information content (AvgIpc) is 3.43. The molecule has 11 nitrogen and oxygen atoms in total. The second-order valence-electron chi connectivity index (χ2n) is 11.2. The lowest BCUT2D eigenvalue weighted by atomic mass is 9.77. The molecular formula is C26H33F3N6O5S. The first kappa shape index (κ1) is 29.5. The number of rotatable bonds is 7. The van der Waals surface area contributed by atoms with Crippen molar-refractivity contribution in [3.63, 3.8) is 0 Å². The Morgan fingerprint density at radius 2 is 1.90 bits per heavy atom. The molecule has 1 aromatic heterocycles. The minimum atomic E-state index is -4.80. The van der Waals surface area contributed by atoms with E-state index in [-0.39, 0.29) is 48.6 Å². The zero-order chi connectivity index (χ0) is 29.7. The molecule has 5 rings (SSSR count). The number of aliphatic hydroxyl groups is 1. The van der Waals surface area contributed by atoms with Gasteiger partial charge in [0.15, 0.2) is 0 Å². The number of amides is 2. The normalized spacial score (nSPS) is 20.7. The second-order valence-corrected chi connectivity index (χ2v) is 13.1. The molecule has 0 radical (unpaired) electrons. The van der Waals surface area contributed by atoms with Gasteiger partial charge in [0.2, 0.25) is 21.8 Å². The number of hydrogen-bond acceptors (Lipinski definition) is 7. The fourth-order valence-corrected chi connectivity index (χ4v) is 6.97. The number of nitrogens with two attached hydrogens (primary N) is 1. The summed E-state index contributed by atoms with van der Waals surface area (Å²) in [5.74, 6) is -1.15. The van der Waals surface area contributed by atoms with Crippen LogP contribution < -0.4 is 11.1 Å². The van der Waals surface area contributed by atoms with E-state index in [0.29, 0.717) is 50.3 Å². The van der Waals surface area contributed by atoms with Crippen molar-refractivity contribution in [3.05, 3.63) is 40.6 Å². The van der Waals surface area contributed by atoms with Crippen LogP contribution in [0.5, 0.6) is 0 Å². The standard InChI is InChI=1S/C26H33F3N6O5S/c1-41(39,40)34-9-4-21-19(15-34)22(16-2-3-20(26(27,28)29)18(12-16)23(30)37)32-35(21)14-17(36)13-33-10-6-25(7-11-33)5-8-31-24(25)38/h2-3,12,17,36H,4-11,13-15H2,1H3,(H2,30,37)(H,31,38). The number of sulfonamides is 1. The van der Waals surface area contributed by atoms with Crippen LogP contribution in [0.4, 0.5) is 13.2 Å². The summed E-state index contributed by atoms with van der Waals surface area (Å²) >= 11 is 0. The van der Waals surface area contributed by atoms with E-state index in [4.69, 9.17) is 5.73 Å². The lowest BCUT2D eigenvalue weighted by Crippen LogP contribution is -2.46. The molecule has 41 heavy (non-hydrogen) atoms. The predicted octanol–water partition coefficient (Wildman–Crippen LogP) is 0.949. The number of aromatic nitrogens is 2. The smallest absolute Gasteiger partial charge is 0.390 e. The summed E-state index contributed by atoms with van der Waals surface area (Å²) in [6.45, 7) is 2.56. The van der Waals surface area contributed by atoms with Crippen LogP contribution >= 0.6 is 0 Å². The van der Waals surface area contributed by atoms with Crippen molar-refractivity contribution in [2.45, 2.75) is 51.1 Å². The van der Waals surface area contributed by atoms with Gasteiger partial charge in [-0.2, -0.15) is 22.6 Å². The Kier molecular flexibility index (Phi) is 7.68. The van der Waals surface area contributed by atoms with Crippen molar-refractivity contribution < 1.29 is 36.3 Å². The Balaban J connectivity index is 1.41. The lowest BCUT2D eigenvalue weighted by molar-refractivity contribution is -0.138. The van der Waals surface area contributed by atoms with Crippen LogP contribution in [0.15, 0.2) is 18.2 Å². The van der Waals surface area contributed by atoms with E-state index < -0.39 is 39.3 Å². The summed E-state index contributed by atoms with van der Waals surface area (Å²) in [4.78, 5) is 26.3. The zero-order valence-electron chi connectivity index (χ0n) is 22.6. The molecule has 3 aliphatic heterocycles. The van der Waals surface area contributed by atoms with Crippen molar-refractivity contribution in [1.29, 1.82) is 0 Å². The molecule has 15 heteroatoms. The molecule has 1 aromatic carbocycles. The van der Waals surface area contributed by atoms with E-state index >= 15 is 0 Å². The Hall–Kier alpha value is -3.01. The molecule has 224 valence electrons. The van der Waals surface area contributed by atoms with Gasteiger partial charge in [-0.15, -0.1) is 0 Å².